The minimum absolute atomic E-state index is 0.382. The molecule has 1 aliphatic rings. The third kappa shape index (κ3) is 2.28. The van der Waals surface area contributed by atoms with Gasteiger partial charge in [0.2, 0.25) is 0 Å². The van der Waals surface area contributed by atoms with Crippen molar-refractivity contribution in [3.63, 3.8) is 0 Å². The lowest BCUT2D eigenvalue weighted by atomic mass is 10.1. The first-order valence-electron chi connectivity index (χ1n) is 6.18. The van der Waals surface area contributed by atoms with Crippen LogP contribution in [0.1, 0.15) is 43.1 Å². The smallest absolute Gasteiger partial charge is 0.110 e. The molecule has 0 saturated carbocycles. The zero-order chi connectivity index (χ0) is 11.5. The number of nitrogens with one attached hydrogen (secondary N) is 1. The summed E-state index contributed by atoms with van der Waals surface area (Å²) in [5.41, 5.74) is 7.02. The number of hydrogen-bond acceptors (Lipinski definition) is 3. The van der Waals surface area contributed by atoms with Gasteiger partial charge >= 0.3 is 0 Å². The van der Waals surface area contributed by atoms with Crippen molar-refractivity contribution >= 4 is 0 Å². The van der Waals surface area contributed by atoms with Crippen LogP contribution in [0.3, 0.4) is 0 Å². The fraction of sp³-hybridized carbons (Fsp3) is 0.750. The third-order valence-electron chi connectivity index (χ3n) is 3.61. The Kier molecular flexibility index (Phi) is 3.61. The number of likely N-dealkylation sites (tertiary alicyclic amines) is 1. The average Bonchev–Trinajstić information content (AvgIpc) is 2.89. The van der Waals surface area contributed by atoms with Crippen LogP contribution in [-0.4, -0.2) is 41.5 Å². The maximum atomic E-state index is 5.73. The summed E-state index contributed by atoms with van der Waals surface area (Å²) in [5.74, 6) is 2.07. The number of nitrogens with two attached hydrogens (primary N) is 1. The second-order valence-electron chi connectivity index (χ2n) is 4.81. The van der Waals surface area contributed by atoms with Crippen molar-refractivity contribution in [1.82, 2.24) is 14.9 Å². The molecule has 1 aromatic heterocycles. The van der Waals surface area contributed by atoms with E-state index in [0.29, 0.717) is 18.4 Å². The third-order valence-corrected chi connectivity index (χ3v) is 3.61. The van der Waals surface area contributed by atoms with Gasteiger partial charge in [0.25, 0.3) is 0 Å². The monoisotopic (exact) mass is 222 g/mol. The van der Waals surface area contributed by atoms with Crippen LogP contribution in [0.2, 0.25) is 0 Å². The molecule has 4 nitrogen and oxygen atoms in total. The zero-order valence-electron chi connectivity index (χ0n) is 10.2. The number of likely N-dealkylation sites (N-methyl/N-ethyl adjacent to an activating group) is 1. The van der Waals surface area contributed by atoms with Crippen LogP contribution in [0.15, 0.2) is 6.20 Å². The molecule has 2 heterocycles. The molecule has 0 aromatic carbocycles. The molecular formula is C12H22N4. The van der Waals surface area contributed by atoms with Crippen LogP contribution in [0.4, 0.5) is 0 Å². The van der Waals surface area contributed by atoms with E-state index in [-0.39, 0.29) is 0 Å². The van der Waals surface area contributed by atoms with Gasteiger partial charge in [0.1, 0.15) is 5.82 Å². The van der Waals surface area contributed by atoms with Gasteiger partial charge in [0.15, 0.2) is 0 Å². The Balaban J connectivity index is 2.07. The van der Waals surface area contributed by atoms with Crippen molar-refractivity contribution in [2.24, 2.45) is 5.73 Å². The molecule has 3 N–H and O–H groups in total. The molecule has 1 aromatic rings. The average molecular weight is 222 g/mol. The SMILES string of the molecule is CCC(CN)c1ncc(C2CCN(C)C2)[nH]1. The maximum Gasteiger partial charge on any atom is 0.110 e. The maximum absolute atomic E-state index is 5.73. The lowest BCUT2D eigenvalue weighted by Crippen LogP contribution is -2.14. The van der Waals surface area contributed by atoms with Gasteiger partial charge in [0.05, 0.1) is 0 Å². The van der Waals surface area contributed by atoms with Crippen molar-refractivity contribution in [3.8, 4) is 0 Å². The Morgan fingerprint density at radius 3 is 3.06 bits per heavy atom. The van der Waals surface area contributed by atoms with Crippen molar-refractivity contribution in [2.45, 2.75) is 31.6 Å². The summed E-state index contributed by atoms with van der Waals surface area (Å²) in [5, 5.41) is 0. The van der Waals surface area contributed by atoms with Crippen LogP contribution in [0.25, 0.3) is 0 Å². The molecular weight excluding hydrogens is 200 g/mol. The largest absolute Gasteiger partial charge is 0.345 e. The zero-order valence-corrected chi connectivity index (χ0v) is 10.2. The van der Waals surface area contributed by atoms with E-state index in [4.69, 9.17) is 5.73 Å². The van der Waals surface area contributed by atoms with Crippen LogP contribution < -0.4 is 5.73 Å². The molecule has 2 unspecified atom stereocenters. The van der Waals surface area contributed by atoms with Crippen LogP contribution >= 0.6 is 0 Å². The lowest BCUT2D eigenvalue weighted by Gasteiger charge is -2.10. The molecule has 4 heteroatoms. The molecule has 1 saturated heterocycles. The highest BCUT2D eigenvalue weighted by molar-refractivity contribution is 5.12. The summed E-state index contributed by atoms with van der Waals surface area (Å²) < 4.78 is 0. The number of nitrogens with zero attached hydrogens (tertiary/aromatic N) is 2. The van der Waals surface area contributed by atoms with Gasteiger partial charge in [-0.25, -0.2) is 4.98 Å². The molecule has 16 heavy (non-hydrogen) atoms. The van der Waals surface area contributed by atoms with Crippen LogP contribution in [0.5, 0.6) is 0 Å². The standard InChI is InChI=1S/C12H22N4/c1-3-9(6-13)12-14-7-11(15-12)10-4-5-16(2)8-10/h7,9-10H,3-6,8,13H2,1-2H3,(H,14,15). The molecule has 2 atom stereocenters. The summed E-state index contributed by atoms with van der Waals surface area (Å²) in [7, 11) is 2.17. The fourth-order valence-corrected chi connectivity index (χ4v) is 2.43. The Morgan fingerprint density at radius 1 is 1.69 bits per heavy atom. The Bertz CT molecular complexity index is 330. The van der Waals surface area contributed by atoms with E-state index in [9.17, 15) is 0 Å². The highest BCUT2D eigenvalue weighted by atomic mass is 15.1. The molecule has 1 fully saturated rings. The fourth-order valence-electron chi connectivity index (χ4n) is 2.43. The summed E-state index contributed by atoms with van der Waals surface area (Å²) in [6, 6.07) is 0. The summed E-state index contributed by atoms with van der Waals surface area (Å²) in [6.45, 7) is 5.16. The minimum atomic E-state index is 0.382. The lowest BCUT2D eigenvalue weighted by molar-refractivity contribution is 0.411. The quantitative estimate of drug-likeness (QED) is 0.807. The molecule has 1 aliphatic heterocycles. The highest BCUT2D eigenvalue weighted by Gasteiger charge is 2.23. The molecule has 0 radical (unpaired) electrons. The molecule has 0 bridgehead atoms. The first kappa shape index (κ1) is 11.6. The predicted octanol–water partition coefficient (Wildman–Crippen LogP) is 1.28. The Morgan fingerprint density at radius 2 is 2.50 bits per heavy atom. The molecule has 90 valence electrons. The summed E-state index contributed by atoms with van der Waals surface area (Å²) >= 11 is 0. The number of imidazole rings is 1. The highest BCUT2D eigenvalue weighted by Crippen LogP contribution is 2.26. The topological polar surface area (TPSA) is 57.9 Å². The van der Waals surface area contributed by atoms with Crippen molar-refractivity contribution in [3.05, 3.63) is 17.7 Å². The van der Waals surface area contributed by atoms with E-state index < -0.39 is 0 Å². The minimum Gasteiger partial charge on any atom is -0.345 e. The summed E-state index contributed by atoms with van der Waals surface area (Å²) in [6.07, 6.45) is 4.28. The second kappa shape index (κ2) is 4.97. The van der Waals surface area contributed by atoms with E-state index >= 15 is 0 Å². The second-order valence-corrected chi connectivity index (χ2v) is 4.81. The molecule has 0 spiro atoms. The van der Waals surface area contributed by atoms with E-state index in [1.807, 2.05) is 6.20 Å². The number of H-pyrrole nitrogens is 1. The van der Waals surface area contributed by atoms with Crippen molar-refractivity contribution in [1.29, 1.82) is 0 Å². The van der Waals surface area contributed by atoms with Gasteiger partial charge in [-0.05, 0) is 26.4 Å². The molecule has 2 rings (SSSR count). The van der Waals surface area contributed by atoms with Gasteiger partial charge < -0.3 is 15.6 Å². The number of aromatic nitrogens is 2. The van der Waals surface area contributed by atoms with Gasteiger partial charge in [-0.3, -0.25) is 0 Å². The van der Waals surface area contributed by atoms with Crippen LogP contribution in [-0.2, 0) is 0 Å². The van der Waals surface area contributed by atoms with Gasteiger partial charge in [-0.1, -0.05) is 6.92 Å². The van der Waals surface area contributed by atoms with Crippen molar-refractivity contribution in [2.75, 3.05) is 26.7 Å². The number of rotatable bonds is 4. The van der Waals surface area contributed by atoms with E-state index in [0.717, 1.165) is 18.8 Å². The first-order valence-corrected chi connectivity index (χ1v) is 6.18. The van der Waals surface area contributed by atoms with E-state index in [1.165, 1.54) is 18.7 Å². The van der Waals surface area contributed by atoms with Crippen molar-refractivity contribution < 1.29 is 0 Å². The molecule has 0 aliphatic carbocycles. The first-order chi connectivity index (χ1) is 7.74. The van der Waals surface area contributed by atoms with Gasteiger partial charge in [-0.15, -0.1) is 0 Å². The normalized spacial score (nSPS) is 23.8. The Hall–Kier alpha value is -0.870. The van der Waals surface area contributed by atoms with Gasteiger partial charge in [0, 0.05) is 36.8 Å². The van der Waals surface area contributed by atoms with E-state index in [1.54, 1.807) is 0 Å². The Labute approximate surface area is 97.2 Å². The van der Waals surface area contributed by atoms with E-state index in [2.05, 4.69) is 28.8 Å². The van der Waals surface area contributed by atoms with Gasteiger partial charge in [-0.2, -0.15) is 0 Å². The summed E-state index contributed by atoms with van der Waals surface area (Å²) in [4.78, 5) is 10.3. The number of aromatic amines is 1. The van der Waals surface area contributed by atoms with Crippen LogP contribution in [0, 0.1) is 0 Å². The molecule has 0 amide bonds. The number of hydrogen-bond donors (Lipinski definition) is 2. The predicted molar refractivity (Wildman–Crippen MR) is 65.5 cm³/mol.